The van der Waals surface area contributed by atoms with E-state index in [2.05, 4.69) is 10.3 Å². The van der Waals surface area contributed by atoms with Crippen LogP contribution < -0.4 is 10.2 Å². The molecule has 0 aromatic heterocycles. The smallest absolute Gasteiger partial charge is 0.250 e. The van der Waals surface area contributed by atoms with Gasteiger partial charge in [0.25, 0.3) is 0 Å². The normalized spacial score (nSPS) is 18.8. The zero-order valence-electron chi connectivity index (χ0n) is 20.8. The Morgan fingerprint density at radius 2 is 2.03 bits per heavy atom. The van der Waals surface area contributed by atoms with Crippen molar-refractivity contribution in [2.24, 2.45) is 4.99 Å². The number of nitrogens with zero attached hydrogens (tertiary/aromatic N) is 3. The average molecular weight is 487 g/mol. The molecule has 36 heavy (non-hydrogen) atoms. The number of fused-ring (bicyclic) bond motifs is 1. The Morgan fingerprint density at radius 1 is 1.19 bits per heavy atom. The Hall–Kier alpha value is -3.71. The van der Waals surface area contributed by atoms with Crippen LogP contribution in [0.25, 0.3) is 11.1 Å². The fourth-order valence-electron chi connectivity index (χ4n) is 5.24. The number of phenols is 1. The molecule has 6 nitrogen and oxygen atoms in total. The number of benzene rings is 3. The molecule has 7 heteroatoms. The summed E-state index contributed by atoms with van der Waals surface area (Å²) in [5.41, 5.74) is 5.56. The van der Waals surface area contributed by atoms with Crippen molar-refractivity contribution in [3.05, 3.63) is 77.1 Å². The topological polar surface area (TPSA) is 68.2 Å². The molecule has 0 radical (unpaired) electrons. The van der Waals surface area contributed by atoms with E-state index in [0.717, 1.165) is 47.2 Å². The summed E-state index contributed by atoms with van der Waals surface area (Å²) in [4.78, 5) is 22.2. The number of carbonyl (C=O) groups excluding carboxylic acids is 1. The Morgan fingerprint density at radius 3 is 2.75 bits per heavy atom. The van der Waals surface area contributed by atoms with Crippen LogP contribution in [-0.4, -0.2) is 48.4 Å². The summed E-state index contributed by atoms with van der Waals surface area (Å²) in [5.74, 6) is -0.261. The molecule has 1 unspecified atom stereocenters. The molecule has 3 aromatic carbocycles. The SMILES string of the molecule is Cc1cc(F)cc(N2C=Nc3cc(C)c(-c4cccc(O)c4)cc3C2C(=O)N(C)C[C@@H]2CCCN2)c1. The maximum atomic E-state index is 14.4. The Bertz CT molecular complexity index is 1310. The van der Waals surface area contributed by atoms with E-state index >= 15 is 0 Å². The number of rotatable bonds is 5. The van der Waals surface area contributed by atoms with Crippen molar-refractivity contribution in [3.63, 3.8) is 0 Å². The lowest BCUT2D eigenvalue weighted by atomic mass is 9.91. The van der Waals surface area contributed by atoms with Gasteiger partial charge in [0.15, 0.2) is 0 Å². The monoisotopic (exact) mass is 486 g/mol. The van der Waals surface area contributed by atoms with Gasteiger partial charge in [-0.15, -0.1) is 0 Å². The lowest BCUT2D eigenvalue weighted by Crippen LogP contribution is -2.46. The first-order chi connectivity index (χ1) is 17.3. The van der Waals surface area contributed by atoms with Gasteiger partial charge in [0.05, 0.1) is 12.0 Å². The van der Waals surface area contributed by atoms with Gasteiger partial charge in [-0.2, -0.15) is 0 Å². The molecule has 0 aliphatic carbocycles. The van der Waals surface area contributed by atoms with E-state index < -0.39 is 6.04 Å². The number of aromatic hydroxyl groups is 1. The van der Waals surface area contributed by atoms with E-state index in [9.17, 15) is 14.3 Å². The van der Waals surface area contributed by atoms with Crippen molar-refractivity contribution in [3.8, 4) is 16.9 Å². The molecule has 5 rings (SSSR count). The number of aliphatic imine (C=N–C) groups is 1. The maximum Gasteiger partial charge on any atom is 0.250 e. The standard InChI is InChI=1S/C29H31FN4O2/c1-18-10-21(30)14-23(11-18)34-17-32-27-12-19(2)25(20-6-4-8-24(35)13-20)15-26(27)28(34)29(36)33(3)16-22-7-5-9-31-22/h4,6,8,10-15,17,22,28,31,35H,5,7,9,16H2,1-3H3/t22-,28?/m0/s1. The number of anilines is 1. The van der Waals surface area contributed by atoms with Crippen LogP contribution in [0.1, 0.15) is 35.6 Å². The molecule has 2 heterocycles. The van der Waals surface area contributed by atoms with E-state index in [1.54, 1.807) is 34.3 Å². The molecule has 1 amide bonds. The van der Waals surface area contributed by atoms with Crippen LogP contribution in [0.4, 0.5) is 15.8 Å². The summed E-state index contributed by atoms with van der Waals surface area (Å²) < 4.78 is 14.4. The van der Waals surface area contributed by atoms with Crippen LogP contribution in [0.2, 0.25) is 0 Å². The average Bonchev–Trinajstić information content (AvgIpc) is 3.35. The number of amides is 1. The maximum absolute atomic E-state index is 14.4. The van der Waals surface area contributed by atoms with Crippen molar-refractivity contribution in [1.29, 1.82) is 0 Å². The second-order valence-electron chi connectivity index (χ2n) is 9.83. The first-order valence-electron chi connectivity index (χ1n) is 12.3. The molecule has 0 spiro atoms. The van der Waals surface area contributed by atoms with E-state index in [1.165, 1.54) is 12.1 Å². The second kappa shape index (κ2) is 9.74. The highest BCUT2D eigenvalue weighted by Gasteiger charge is 2.35. The molecule has 186 valence electrons. The largest absolute Gasteiger partial charge is 0.508 e. The highest BCUT2D eigenvalue weighted by atomic mass is 19.1. The van der Waals surface area contributed by atoms with E-state index in [0.29, 0.717) is 17.9 Å². The molecular formula is C29H31FN4O2. The number of nitrogens with one attached hydrogen (secondary N) is 1. The lowest BCUT2D eigenvalue weighted by Gasteiger charge is -2.36. The van der Waals surface area contributed by atoms with Gasteiger partial charge in [0, 0.05) is 30.9 Å². The number of hydrogen-bond donors (Lipinski definition) is 2. The predicted molar refractivity (Wildman–Crippen MR) is 141 cm³/mol. The number of halogens is 1. The van der Waals surface area contributed by atoms with Crippen molar-refractivity contribution in [1.82, 2.24) is 10.2 Å². The van der Waals surface area contributed by atoms with Gasteiger partial charge in [-0.1, -0.05) is 12.1 Å². The van der Waals surface area contributed by atoms with Gasteiger partial charge in [-0.25, -0.2) is 9.38 Å². The van der Waals surface area contributed by atoms with Crippen LogP contribution >= 0.6 is 0 Å². The minimum absolute atomic E-state index is 0.0799. The fourth-order valence-corrected chi connectivity index (χ4v) is 5.24. The van der Waals surface area contributed by atoms with E-state index in [1.807, 2.05) is 45.2 Å². The number of phenolic OH excluding ortho intramolecular Hbond substituents is 1. The van der Waals surface area contributed by atoms with Crippen molar-refractivity contribution < 1.29 is 14.3 Å². The molecule has 1 fully saturated rings. The first-order valence-corrected chi connectivity index (χ1v) is 12.3. The Balaban J connectivity index is 1.61. The zero-order valence-corrected chi connectivity index (χ0v) is 20.8. The Labute approximate surface area is 211 Å². The molecule has 2 atom stereocenters. The number of hydrogen-bond acceptors (Lipinski definition) is 5. The predicted octanol–water partition coefficient (Wildman–Crippen LogP) is 5.25. The van der Waals surface area contributed by atoms with Gasteiger partial charge in [0.2, 0.25) is 5.91 Å². The quantitative estimate of drug-likeness (QED) is 0.517. The number of carbonyl (C=O) groups is 1. The van der Waals surface area contributed by atoms with Crippen LogP contribution in [0.15, 0.2) is 59.6 Å². The van der Waals surface area contributed by atoms with Gasteiger partial charge in [-0.05, 0) is 98.0 Å². The van der Waals surface area contributed by atoms with Crippen molar-refractivity contribution in [2.45, 2.75) is 38.8 Å². The molecule has 0 bridgehead atoms. The van der Waals surface area contributed by atoms with E-state index in [-0.39, 0.29) is 23.5 Å². The molecule has 2 aliphatic rings. The lowest BCUT2D eigenvalue weighted by molar-refractivity contribution is -0.131. The minimum Gasteiger partial charge on any atom is -0.508 e. The van der Waals surface area contributed by atoms with Gasteiger partial charge in [0.1, 0.15) is 17.6 Å². The van der Waals surface area contributed by atoms with Gasteiger partial charge >= 0.3 is 0 Å². The number of likely N-dealkylation sites (N-methyl/N-ethyl adjacent to an activating group) is 1. The third-order valence-corrected chi connectivity index (χ3v) is 7.02. The first kappa shape index (κ1) is 24.0. The highest BCUT2D eigenvalue weighted by molar-refractivity contribution is 5.99. The van der Waals surface area contributed by atoms with Crippen LogP contribution in [0.5, 0.6) is 5.75 Å². The van der Waals surface area contributed by atoms with Gasteiger partial charge in [-0.3, -0.25) is 4.79 Å². The summed E-state index contributed by atoms with van der Waals surface area (Å²) in [6.07, 6.45) is 3.77. The second-order valence-corrected chi connectivity index (χ2v) is 9.83. The van der Waals surface area contributed by atoms with Crippen molar-refractivity contribution in [2.75, 3.05) is 25.0 Å². The molecular weight excluding hydrogens is 455 g/mol. The highest BCUT2D eigenvalue weighted by Crippen LogP contribution is 2.41. The molecule has 0 saturated carbocycles. The summed E-state index contributed by atoms with van der Waals surface area (Å²) in [6, 6.07) is 15.4. The third-order valence-electron chi connectivity index (χ3n) is 7.02. The Kier molecular flexibility index (Phi) is 6.49. The zero-order chi connectivity index (χ0) is 25.4. The summed E-state index contributed by atoms with van der Waals surface area (Å²) >= 11 is 0. The summed E-state index contributed by atoms with van der Waals surface area (Å²) in [6.45, 7) is 5.39. The summed E-state index contributed by atoms with van der Waals surface area (Å²) in [7, 11) is 1.83. The van der Waals surface area contributed by atoms with Gasteiger partial charge < -0.3 is 20.2 Å². The molecule has 2 aliphatic heterocycles. The van der Waals surface area contributed by atoms with Crippen molar-refractivity contribution >= 4 is 23.6 Å². The van der Waals surface area contributed by atoms with Crippen LogP contribution in [-0.2, 0) is 4.79 Å². The summed E-state index contributed by atoms with van der Waals surface area (Å²) in [5, 5.41) is 13.5. The fraction of sp³-hybridized carbons (Fsp3) is 0.310. The third kappa shape index (κ3) is 4.71. The minimum atomic E-state index is -0.707. The molecule has 1 saturated heterocycles. The van der Waals surface area contributed by atoms with E-state index in [4.69, 9.17) is 0 Å². The number of aryl methyl sites for hydroxylation is 2. The van der Waals surface area contributed by atoms with Crippen LogP contribution in [0.3, 0.4) is 0 Å². The van der Waals surface area contributed by atoms with Crippen LogP contribution in [0, 0.1) is 19.7 Å². The molecule has 2 N–H and O–H groups in total. The molecule has 3 aromatic rings.